The van der Waals surface area contributed by atoms with Crippen LogP contribution in [0, 0.1) is 11.7 Å². The summed E-state index contributed by atoms with van der Waals surface area (Å²) in [5.41, 5.74) is 2.09. The zero-order valence-corrected chi connectivity index (χ0v) is 15.4. The van der Waals surface area contributed by atoms with E-state index in [2.05, 4.69) is 14.9 Å². The summed E-state index contributed by atoms with van der Waals surface area (Å²) in [4.78, 5) is 24.9. The third kappa shape index (κ3) is 4.99. The van der Waals surface area contributed by atoms with Gasteiger partial charge in [0.2, 0.25) is 5.91 Å². The fourth-order valence-corrected chi connectivity index (χ4v) is 2.56. The molecule has 1 aromatic heterocycles. The van der Waals surface area contributed by atoms with Crippen molar-refractivity contribution in [3.8, 4) is 11.4 Å². The molecule has 2 aromatic rings. The Labute approximate surface area is 151 Å². The first-order valence-electron chi connectivity index (χ1n) is 7.95. The summed E-state index contributed by atoms with van der Waals surface area (Å²) in [6, 6.07) is 7.95. The zero-order valence-electron chi connectivity index (χ0n) is 14.6. The number of benzene rings is 1. The van der Waals surface area contributed by atoms with Crippen LogP contribution in [0.3, 0.4) is 0 Å². The number of hydrogen-bond donors (Lipinski definition) is 1. The van der Waals surface area contributed by atoms with Crippen LogP contribution in [0.5, 0.6) is 0 Å². The van der Waals surface area contributed by atoms with E-state index in [1.807, 2.05) is 35.8 Å². The smallest absolute Gasteiger partial charge is 0.307 e. The van der Waals surface area contributed by atoms with Gasteiger partial charge in [0, 0.05) is 32.1 Å². The Bertz CT molecular complexity index is 795. The molecule has 0 fully saturated rings. The molecule has 7 nitrogen and oxygen atoms in total. The van der Waals surface area contributed by atoms with Gasteiger partial charge in [-0.15, -0.1) is 0 Å². The quantitative estimate of drug-likeness (QED) is 0.604. The second-order valence-corrected chi connectivity index (χ2v) is 6.15. The molecular formula is C17H22N4O3S. The Morgan fingerprint density at radius 3 is 2.60 bits per heavy atom. The van der Waals surface area contributed by atoms with Gasteiger partial charge in [0.1, 0.15) is 0 Å². The largest absolute Gasteiger partial charge is 0.469 e. The van der Waals surface area contributed by atoms with E-state index in [-0.39, 0.29) is 24.7 Å². The number of ether oxygens (including phenoxy) is 1. The number of esters is 1. The first-order valence-corrected chi connectivity index (χ1v) is 8.36. The Morgan fingerprint density at radius 1 is 1.28 bits per heavy atom. The minimum absolute atomic E-state index is 0.0677. The highest BCUT2D eigenvalue weighted by molar-refractivity contribution is 7.71. The number of hydrogen-bond acceptors (Lipinski definition) is 5. The third-order valence-electron chi connectivity index (χ3n) is 3.92. The number of carbonyl (C=O) groups excluding carboxylic acids is 2. The molecule has 0 aliphatic carbocycles. The average molecular weight is 362 g/mol. The van der Waals surface area contributed by atoms with Crippen molar-refractivity contribution in [2.45, 2.75) is 26.3 Å². The Hall–Kier alpha value is -2.48. The number of aromatic nitrogens is 3. The molecular weight excluding hydrogens is 340 g/mol. The topological polar surface area (TPSA) is 80.2 Å². The molecule has 134 valence electrons. The number of H-pyrrole nitrogens is 1. The van der Waals surface area contributed by atoms with Crippen molar-refractivity contribution in [1.82, 2.24) is 19.7 Å². The minimum atomic E-state index is -0.335. The molecule has 1 amide bonds. The van der Waals surface area contributed by atoms with E-state index in [1.165, 1.54) is 12.0 Å². The molecule has 0 saturated carbocycles. The van der Waals surface area contributed by atoms with E-state index in [4.69, 9.17) is 12.2 Å². The van der Waals surface area contributed by atoms with Gasteiger partial charge >= 0.3 is 5.97 Å². The van der Waals surface area contributed by atoms with E-state index < -0.39 is 0 Å². The predicted molar refractivity (Wildman–Crippen MR) is 96.5 cm³/mol. The molecule has 0 spiro atoms. The summed E-state index contributed by atoms with van der Waals surface area (Å²) >= 11 is 5.28. The fraction of sp³-hybridized carbons (Fsp3) is 0.412. The maximum absolute atomic E-state index is 12.2. The second kappa shape index (κ2) is 8.57. The summed E-state index contributed by atoms with van der Waals surface area (Å²) in [6.07, 6.45) is 0.447. The van der Waals surface area contributed by atoms with Crippen molar-refractivity contribution in [2.75, 3.05) is 20.7 Å². The lowest BCUT2D eigenvalue weighted by Crippen LogP contribution is -2.30. The summed E-state index contributed by atoms with van der Waals surface area (Å²) in [5.74, 6) is 0.301. The number of aryl methyl sites for hydroxylation is 1. The van der Waals surface area contributed by atoms with Gasteiger partial charge in [-0.05, 0) is 19.1 Å². The van der Waals surface area contributed by atoms with Crippen molar-refractivity contribution < 1.29 is 14.3 Å². The average Bonchev–Trinajstić information content (AvgIpc) is 2.98. The predicted octanol–water partition coefficient (Wildman–Crippen LogP) is 2.33. The molecule has 0 aliphatic rings. The monoisotopic (exact) mass is 362 g/mol. The minimum Gasteiger partial charge on any atom is -0.469 e. The van der Waals surface area contributed by atoms with E-state index >= 15 is 0 Å². The number of carbonyl (C=O) groups is 2. The van der Waals surface area contributed by atoms with Gasteiger partial charge in [-0.1, -0.05) is 29.8 Å². The van der Waals surface area contributed by atoms with Crippen LogP contribution in [-0.4, -0.2) is 52.2 Å². The van der Waals surface area contributed by atoms with Crippen molar-refractivity contribution in [1.29, 1.82) is 0 Å². The molecule has 25 heavy (non-hydrogen) atoms. The van der Waals surface area contributed by atoms with Crippen LogP contribution in [0.15, 0.2) is 24.3 Å². The summed E-state index contributed by atoms with van der Waals surface area (Å²) in [7, 11) is 3.00. The summed E-state index contributed by atoms with van der Waals surface area (Å²) in [5, 5.41) is 7.05. The van der Waals surface area contributed by atoms with E-state index in [9.17, 15) is 9.59 Å². The molecule has 0 radical (unpaired) electrons. The molecule has 1 N–H and O–H groups in total. The molecule has 1 aromatic carbocycles. The maximum Gasteiger partial charge on any atom is 0.307 e. The van der Waals surface area contributed by atoms with Crippen molar-refractivity contribution in [2.24, 2.45) is 0 Å². The second-order valence-electron chi connectivity index (χ2n) is 5.76. The van der Waals surface area contributed by atoms with E-state index in [1.54, 1.807) is 7.05 Å². The Balaban J connectivity index is 2.02. The van der Waals surface area contributed by atoms with Gasteiger partial charge in [0.05, 0.1) is 13.5 Å². The lowest BCUT2D eigenvalue weighted by atomic mass is 10.1. The third-order valence-corrected chi connectivity index (χ3v) is 4.23. The molecule has 0 atom stereocenters. The summed E-state index contributed by atoms with van der Waals surface area (Å²) < 4.78 is 6.87. The normalized spacial score (nSPS) is 10.5. The number of nitrogens with one attached hydrogen (secondary N) is 1. The van der Waals surface area contributed by atoms with Gasteiger partial charge in [0.25, 0.3) is 0 Å². The number of amides is 1. The highest BCUT2D eigenvalue weighted by Gasteiger charge is 2.14. The molecule has 2 rings (SSSR count). The van der Waals surface area contributed by atoms with Gasteiger partial charge in [-0.3, -0.25) is 19.3 Å². The maximum atomic E-state index is 12.2. The van der Waals surface area contributed by atoms with Crippen LogP contribution in [0.4, 0.5) is 0 Å². The lowest BCUT2D eigenvalue weighted by Gasteiger charge is -2.16. The number of rotatable bonds is 7. The molecule has 0 bridgehead atoms. The highest BCUT2D eigenvalue weighted by atomic mass is 32.1. The first-order chi connectivity index (χ1) is 11.9. The van der Waals surface area contributed by atoms with Gasteiger partial charge in [0.15, 0.2) is 10.6 Å². The number of nitrogens with zero attached hydrogens (tertiary/aromatic N) is 3. The van der Waals surface area contributed by atoms with E-state index in [0.29, 0.717) is 23.7 Å². The Kier molecular flexibility index (Phi) is 6.46. The van der Waals surface area contributed by atoms with Gasteiger partial charge in [-0.25, -0.2) is 0 Å². The van der Waals surface area contributed by atoms with Crippen molar-refractivity contribution in [3.63, 3.8) is 0 Å². The van der Waals surface area contributed by atoms with Crippen LogP contribution in [-0.2, 0) is 20.9 Å². The summed E-state index contributed by atoms with van der Waals surface area (Å²) in [6.45, 7) is 2.76. The van der Waals surface area contributed by atoms with Crippen LogP contribution in [0.2, 0.25) is 0 Å². The van der Waals surface area contributed by atoms with Gasteiger partial charge < -0.3 is 9.64 Å². The SMILES string of the molecule is COC(=O)CCN(C)C(=O)CCn1c(-c2ccc(C)cc2)n[nH]c1=S. The van der Waals surface area contributed by atoms with Crippen molar-refractivity contribution >= 4 is 24.1 Å². The van der Waals surface area contributed by atoms with E-state index in [0.717, 1.165) is 11.1 Å². The number of aromatic amines is 1. The molecule has 0 unspecified atom stereocenters. The zero-order chi connectivity index (χ0) is 18.4. The van der Waals surface area contributed by atoms with Crippen LogP contribution in [0.25, 0.3) is 11.4 Å². The van der Waals surface area contributed by atoms with Crippen LogP contribution < -0.4 is 0 Å². The molecule has 8 heteroatoms. The number of methoxy groups -OCH3 is 1. The molecule has 0 saturated heterocycles. The van der Waals surface area contributed by atoms with Gasteiger partial charge in [-0.2, -0.15) is 5.10 Å². The van der Waals surface area contributed by atoms with Crippen LogP contribution >= 0.6 is 12.2 Å². The fourth-order valence-electron chi connectivity index (χ4n) is 2.33. The first kappa shape index (κ1) is 18.9. The standard InChI is InChI=1S/C17H22N4O3S/c1-12-4-6-13(7-5-12)16-18-19-17(25)21(16)11-8-14(22)20(2)10-9-15(23)24-3/h4-7H,8-11H2,1-3H3,(H,19,25). The Morgan fingerprint density at radius 2 is 1.96 bits per heavy atom. The molecule has 0 aliphatic heterocycles. The molecule has 1 heterocycles. The highest BCUT2D eigenvalue weighted by Crippen LogP contribution is 2.18. The lowest BCUT2D eigenvalue weighted by molar-refractivity contribution is -0.141. The van der Waals surface area contributed by atoms with Crippen LogP contribution in [0.1, 0.15) is 18.4 Å². The van der Waals surface area contributed by atoms with Crippen molar-refractivity contribution in [3.05, 3.63) is 34.6 Å².